The Morgan fingerprint density at radius 2 is 1.86 bits per heavy atom. The van der Waals surface area contributed by atoms with Gasteiger partial charge in [-0.25, -0.2) is 0 Å². The van der Waals surface area contributed by atoms with Crippen LogP contribution in [0.25, 0.3) is 28.3 Å². The fourth-order valence-electron chi connectivity index (χ4n) is 4.12. The van der Waals surface area contributed by atoms with Crippen molar-refractivity contribution in [2.24, 2.45) is 7.05 Å². The van der Waals surface area contributed by atoms with E-state index in [4.69, 9.17) is 4.42 Å². The second-order valence-electron chi connectivity index (χ2n) is 8.56. The van der Waals surface area contributed by atoms with Crippen LogP contribution in [0, 0.1) is 13.8 Å². The van der Waals surface area contributed by atoms with Crippen molar-refractivity contribution in [1.29, 1.82) is 0 Å². The van der Waals surface area contributed by atoms with Crippen LogP contribution in [0.2, 0.25) is 0 Å². The molecule has 0 aliphatic rings. The van der Waals surface area contributed by atoms with Crippen LogP contribution in [0.1, 0.15) is 24.5 Å². The molecular weight excluding hydrogens is 458 g/mol. The fraction of sp³-hybridized carbons (Fsp3) is 0.222. The lowest BCUT2D eigenvalue weighted by Gasteiger charge is -2.17. The minimum Gasteiger partial charge on any atom is -0.463 e. The summed E-state index contributed by atoms with van der Waals surface area (Å²) in [5.41, 5.74) is 6.66. The van der Waals surface area contributed by atoms with Crippen LogP contribution in [0.15, 0.2) is 76.5 Å². The Morgan fingerprint density at radius 3 is 2.57 bits per heavy atom. The fourth-order valence-corrected chi connectivity index (χ4v) is 5.08. The van der Waals surface area contributed by atoms with E-state index in [1.54, 1.807) is 6.26 Å². The highest BCUT2D eigenvalue weighted by Crippen LogP contribution is 2.34. The van der Waals surface area contributed by atoms with E-state index in [1.807, 2.05) is 84.6 Å². The van der Waals surface area contributed by atoms with Gasteiger partial charge in [0.05, 0.1) is 28.4 Å². The van der Waals surface area contributed by atoms with Crippen molar-refractivity contribution in [3.8, 4) is 17.2 Å². The van der Waals surface area contributed by atoms with Crippen molar-refractivity contribution < 1.29 is 9.21 Å². The third-order valence-corrected chi connectivity index (χ3v) is 7.42. The van der Waals surface area contributed by atoms with E-state index >= 15 is 0 Å². The summed E-state index contributed by atoms with van der Waals surface area (Å²) in [6, 6.07) is 19.8. The summed E-state index contributed by atoms with van der Waals surface area (Å²) in [4.78, 5) is 13.2. The molecule has 5 rings (SSSR count). The predicted molar refractivity (Wildman–Crippen MR) is 140 cm³/mol. The summed E-state index contributed by atoms with van der Waals surface area (Å²) >= 11 is 1.42. The van der Waals surface area contributed by atoms with Crippen molar-refractivity contribution in [2.75, 3.05) is 5.32 Å². The largest absolute Gasteiger partial charge is 0.463 e. The Balaban J connectivity index is 1.54. The monoisotopic (exact) mass is 485 g/mol. The number of benzene rings is 2. The minimum atomic E-state index is -0.333. The number of furan rings is 1. The molecular formula is C27H27N5O2S. The molecule has 5 aromatic rings. The molecule has 178 valence electrons. The average Bonchev–Trinajstić information content (AvgIpc) is 3.55. The van der Waals surface area contributed by atoms with Crippen LogP contribution in [0.3, 0.4) is 0 Å². The molecule has 35 heavy (non-hydrogen) atoms. The number of aromatic nitrogens is 4. The lowest BCUT2D eigenvalue weighted by atomic mass is 10.2. The highest BCUT2D eigenvalue weighted by atomic mass is 32.2. The summed E-state index contributed by atoms with van der Waals surface area (Å²) in [6.45, 7) is 6.09. The smallest absolute Gasteiger partial charge is 0.237 e. The number of nitrogens with one attached hydrogen (secondary N) is 1. The van der Waals surface area contributed by atoms with Crippen LogP contribution in [0.4, 0.5) is 5.69 Å². The molecule has 0 saturated carbocycles. The van der Waals surface area contributed by atoms with Crippen molar-refractivity contribution in [1.82, 2.24) is 19.3 Å². The van der Waals surface area contributed by atoms with Gasteiger partial charge in [-0.1, -0.05) is 54.6 Å². The highest BCUT2D eigenvalue weighted by Gasteiger charge is 2.26. The van der Waals surface area contributed by atoms with Crippen molar-refractivity contribution >= 4 is 34.5 Å². The number of hydrogen-bond donors (Lipinski definition) is 1. The Morgan fingerprint density at radius 1 is 1.09 bits per heavy atom. The van der Waals surface area contributed by atoms with Gasteiger partial charge in [0, 0.05) is 24.9 Å². The SMILES string of the molecule is CC[C@H](Sc1nnc(-c2cc3occc3n2C)n1-c1ccccc1C)C(=O)Nc1ccc(C)cc1. The molecule has 0 unspecified atom stereocenters. The first-order chi connectivity index (χ1) is 17.0. The van der Waals surface area contributed by atoms with Crippen LogP contribution in [-0.2, 0) is 11.8 Å². The molecule has 8 heteroatoms. The molecule has 1 N–H and O–H groups in total. The molecule has 0 radical (unpaired) electrons. The number of para-hydroxylation sites is 1. The van der Waals surface area contributed by atoms with Crippen molar-refractivity contribution in [2.45, 2.75) is 37.6 Å². The number of carbonyl (C=O) groups excluding carboxylic acids is 1. The normalized spacial score (nSPS) is 12.2. The van der Waals surface area contributed by atoms with E-state index in [0.717, 1.165) is 39.3 Å². The number of rotatable bonds is 7. The van der Waals surface area contributed by atoms with Gasteiger partial charge in [0.1, 0.15) is 0 Å². The van der Waals surface area contributed by atoms with Gasteiger partial charge < -0.3 is 14.3 Å². The van der Waals surface area contributed by atoms with Crippen molar-refractivity contribution in [3.63, 3.8) is 0 Å². The number of carbonyl (C=O) groups is 1. The predicted octanol–water partition coefficient (Wildman–Crippen LogP) is 6.15. The van der Waals surface area contributed by atoms with Gasteiger partial charge in [-0.2, -0.15) is 0 Å². The Kier molecular flexibility index (Phi) is 6.21. The van der Waals surface area contributed by atoms with Crippen LogP contribution in [0.5, 0.6) is 0 Å². The van der Waals surface area contributed by atoms with Crippen LogP contribution >= 0.6 is 11.8 Å². The minimum absolute atomic E-state index is 0.0568. The Hall–Kier alpha value is -3.78. The molecule has 0 aliphatic carbocycles. The molecule has 2 aromatic carbocycles. The zero-order valence-corrected chi connectivity index (χ0v) is 21.0. The molecule has 0 spiro atoms. The topological polar surface area (TPSA) is 77.9 Å². The maximum Gasteiger partial charge on any atom is 0.237 e. The van der Waals surface area contributed by atoms with Crippen molar-refractivity contribution in [3.05, 3.63) is 78.1 Å². The molecule has 0 fully saturated rings. The lowest BCUT2D eigenvalue weighted by Crippen LogP contribution is -2.25. The zero-order valence-electron chi connectivity index (χ0n) is 20.1. The van der Waals surface area contributed by atoms with Gasteiger partial charge in [-0.3, -0.25) is 9.36 Å². The third kappa shape index (κ3) is 4.37. The van der Waals surface area contributed by atoms with E-state index in [0.29, 0.717) is 17.4 Å². The number of thioether (sulfide) groups is 1. The number of nitrogens with zero attached hydrogens (tertiary/aromatic N) is 4. The summed E-state index contributed by atoms with van der Waals surface area (Å²) in [6.07, 6.45) is 2.33. The van der Waals surface area contributed by atoms with Crippen LogP contribution < -0.4 is 5.32 Å². The quantitative estimate of drug-likeness (QED) is 0.280. The van der Waals surface area contributed by atoms with E-state index in [9.17, 15) is 4.79 Å². The van der Waals surface area contributed by atoms with Gasteiger partial charge in [0.15, 0.2) is 16.6 Å². The second-order valence-corrected chi connectivity index (χ2v) is 9.73. The van der Waals surface area contributed by atoms with Crippen LogP contribution in [-0.4, -0.2) is 30.5 Å². The summed E-state index contributed by atoms with van der Waals surface area (Å²) in [5, 5.41) is 12.5. The maximum absolute atomic E-state index is 13.2. The Bertz CT molecular complexity index is 1500. The highest BCUT2D eigenvalue weighted by molar-refractivity contribution is 8.00. The third-order valence-electron chi connectivity index (χ3n) is 6.11. The molecule has 0 saturated heterocycles. The lowest BCUT2D eigenvalue weighted by molar-refractivity contribution is -0.115. The number of hydrogen-bond acceptors (Lipinski definition) is 5. The van der Waals surface area contributed by atoms with Gasteiger partial charge in [0.25, 0.3) is 0 Å². The maximum atomic E-state index is 13.2. The number of anilines is 1. The summed E-state index contributed by atoms with van der Waals surface area (Å²) < 4.78 is 9.70. The Labute approximate surface area is 208 Å². The van der Waals surface area contributed by atoms with Gasteiger partial charge in [-0.15, -0.1) is 10.2 Å². The van der Waals surface area contributed by atoms with Gasteiger partial charge in [0.2, 0.25) is 5.91 Å². The zero-order chi connectivity index (χ0) is 24.5. The summed E-state index contributed by atoms with van der Waals surface area (Å²) in [5.74, 6) is 0.642. The van der Waals surface area contributed by atoms with E-state index in [1.165, 1.54) is 11.8 Å². The molecule has 3 heterocycles. The van der Waals surface area contributed by atoms with Gasteiger partial charge >= 0.3 is 0 Å². The van der Waals surface area contributed by atoms with E-state index in [2.05, 4.69) is 28.5 Å². The first-order valence-electron chi connectivity index (χ1n) is 11.5. The summed E-state index contributed by atoms with van der Waals surface area (Å²) in [7, 11) is 1.99. The van der Waals surface area contributed by atoms with E-state index < -0.39 is 0 Å². The number of fused-ring (bicyclic) bond motifs is 1. The molecule has 1 atom stereocenters. The number of aryl methyl sites for hydroxylation is 3. The first-order valence-corrected chi connectivity index (χ1v) is 12.4. The molecule has 0 aliphatic heterocycles. The number of amides is 1. The first kappa shape index (κ1) is 23.0. The molecule has 3 aromatic heterocycles. The van der Waals surface area contributed by atoms with E-state index in [-0.39, 0.29) is 11.2 Å². The van der Waals surface area contributed by atoms with Gasteiger partial charge in [-0.05, 0) is 44.0 Å². The molecule has 7 nitrogen and oxygen atoms in total. The second kappa shape index (κ2) is 9.46. The average molecular weight is 486 g/mol. The molecule has 0 bridgehead atoms. The molecule has 1 amide bonds. The standard InChI is InChI=1S/C27H27N5O2S/c1-5-24(26(33)28-19-12-10-17(2)11-13-19)35-27-30-29-25(32(27)20-9-7-6-8-18(20)3)22-16-23-21(31(22)4)14-15-34-23/h6-16,24H,5H2,1-4H3,(H,28,33)/t24-/m0/s1.